The van der Waals surface area contributed by atoms with Crippen molar-refractivity contribution in [2.75, 3.05) is 19.6 Å². The molecule has 2 nitrogen and oxygen atoms in total. The van der Waals surface area contributed by atoms with Crippen molar-refractivity contribution in [3.05, 3.63) is 83.6 Å². The zero-order valence-electron chi connectivity index (χ0n) is 15.4. The van der Waals surface area contributed by atoms with Crippen LogP contribution in [0.1, 0.15) is 23.1 Å². The summed E-state index contributed by atoms with van der Waals surface area (Å²) in [7, 11) is 0. The fraction of sp³-hybridized carbons (Fsp3) is 0.261. The Balaban J connectivity index is 1.38. The lowest BCUT2D eigenvalue weighted by atomic mass is 9.97. The van der Waals surface area contributed by atoms with Gasteiger partial charge >= 0.3 is 6.18 Å². The summed E-state index contributed by atoms with van der Waals surface area (Å²) in [4.78, 5) is 6.73. The minimum atomic E-state index is -4.30. The van der Waals surface area contributed by atoms with Crippen LogP contribution in [0, 0.1) is 0 Å². The number of alkyl halides is 3. The summed E-state index contributed by atoms with van der Waals surface area (Å²) in [5.74, 6) is 0. The highest BCUT2D eigenvalue weighted by Gasteiger charge is 2.30. The number of aromatic nitrogens is 1. The average molecular weight is 382 g/mol. The number of benzene rings is 2. The topological polar surface area (TPSA) is 16.1 Å². The Hall–Kier alpha value is -2.66. The van der Waals surface area contributed by atoms with Crippen molar-refractivity contribution in [3.8, 4) is 0 Å². The summed E-state index contributed by atoms with van der Waals surface area (Å²) < 4.78 is 38.8. The van der Waals surface area contributed by atoms with Gasteiger partial charge in [0, 0.05) is 31.2 Å². The maximum absolute atomic E-state index is 12.9. The highest BCUT2D eigenvalue weighted by atomic mass is 19.4. The summed E-state index contributed by atoms with van der Waals surface area (Å²) in [5.41, 5.74) is 3.34. The molecule has 0 fully saturated rings. The first-order chi connectivity index (χ1) is 13.5. The predicted molar refractivity (Wildman–Crippen MR) is 106 cm³/mol. The molecule has 144 valence electrons. The standard InChI is InChI=1S/C23H21F3N2/c24-23(25,26)21-5-1-3-20(16-21)18-9-13-28(14-10-18)12-8-17-6-7-19-4-2-11-27-22(19)15-17/h1-7,9,11,15-16H,8,10,12-14H2. The lowest BCUT2D eigenvalue weighted by Crippen LogP contribution is -2.30. The molecule has 28 heavy (non-hydrogen) atoms. The van der Waals surface area contributed by atoms with Crippen molar-refractivity contribution in [1.29, 1.82) is 0 Å². The summed E-state index contributed by atoms with van der Waals surface area (Å²) in [6.45, 7) is 2.54. The van der Waals surface area contributed by atoms with Crippen molar-refractivity contribution in [3.63, 3.8) is 0 Å². The zero-order chi connectivity index (χ0) is 19.6. The quantitative estimate of drug-likeness (QED) is 0.585. The van der Waals surface area contributed by atoms with Gasteiger partial charge < -0.3 is 0 Å². The third-order valence-corrected chi connectivity index (χ3v) is 5.24. The Labute approximate surface area is 162 Å². The van der Waals surface area contributed by atoms with Gasteiger partial charge in [-0.2, -0.15) is 13.2 Å². The fourth-order valence-electron chi connectivity index (χ4n) is 3.63. The molecule has 0 N–H and O–H groups in total. The fourth-order valence-corrected chi connectivity index (χ4v) is 3.63. The molecule has 2 heterocycles. The Bertz CT molecular complexity index is 1010. The largest absolute Gasteiger partial charge is 0.416 e. The van der Waals surface area contributed by atoms with Crippen LogP contribution in [0.4, 0.5) is 13.2 Å². The molecule has 4 rings (SSSR count). The van der Waals surface area contributed by atoms with E-state index in [9.17, 15) is 13.2 Å². The number of nitrogens with zero attached hydrogens (tertiary/aromatic N) is 2. The molecule has 3 aromatic rings. The molecule has 0 unspecified atom stereocenters. The smallest absolute Gasteiger partial charge is 0.299 e. The molecule has 0 saturated heterocycles. The maximum Gasteiger partial charge on any atom is 0.416 e. The molecule has 0 aliphatic carbocycles. The van der Waals surface area contributed by atoms with Gasteiger partial charge in [-0.15, -0.1) is 0 Å². The number of halogens is 3. The van der Waals surface area contributed by atoms with Crippen LogP contribution >= 0.6 is 0 Å². The van der Waals surface area contributed by atoms with E-state index >= 15 is 0 Å². The number of rotatable bonds is 4. The molecule has 0 bridgehead atoms. The number of fused-ring (bicyclic) bond motifs is 1. The van der Waals surface area contributed by atoms with Crippen molar-refractivity contribution in [1.82, 2.24) is 9.88 Å². The molecule has 0 atom stereocenters. The zero-order valence-corrected chi connectivity index (χ0v) is 15.4. The van der Waals surface area contributed by atoms with E-state index in [0.717, 1.165) is 55.0 Å². The van der Waals surface area contributed by atoms with Gasteiger partial charge in [0.25, 0.3) is 0 Å². The van der Waals surface area contributed by atoms with Gasteiger partial charge in [-0.25, -0.2) is 0 Å². The molecule has 5 heteroatoms. The van der Waals surface area contributed by atoms with E-state index in [1.54, 1.807) is 12.3 Å². The molecule has 1 aromatic heterocycles. The lowest BCUT2D eigenvalue weighted by molar-refractivity contribution is -0.137. The first kappa shape index (κ1) is 18.7. The predicted octanol–water partition coefficient (Wildman–Crippen LogP) is 5.59. The van der Waals surface area contributed by atoms with Gasteiger partial charge in [-0.3, -0.25) is 9.88 Å². The molecular weight excluding hydrogens is 361 g/mol. The maximum atomic E-state index is 12.9. The van der Waals surface area contributed by atoms with Crippen LogP contribution in [-0.4, -0.2) is 29.5 Å². The summed E-state index contributed by atoms with van der Waals surface area (Å²) in [5, 5.41) is 1.14. The van der Waals surface area contributed by atoms with E-state index < -0.39 is 11.7 Å². The van der Waals surface area contributed by atoms with Crippen molar-refractivity contribution >= 4 is 16.5 Å². The van der Waals surface area contributed by atoms with Crippen LogP contribution in [0.15, 0.2) is 66.9 Å². The van der Waals surface area contributed by atoms with E-state index in [0.29, 0.717) is 5.56 Å². The second-order valence-electron chi connectivity index (χ2n) is 7.14. The molecule has 2 aromatic carbocycles. The second kappa shape index (κ2) is 7.76. The van der Waals surface area contributed by atoms with Gasteiger partial charge in [0.05, 0.1) is 11.1 Å². The van der Waals surface area contributed by atoms with Crippen LogP contribution in [0.25, 0.3) is 16.5 Å². The van der Waals surface area contributed by atoms with Crippen LogP contribution < -0.4 is 0 Å². The molecule has 0 amide bonds. The molecule has 0 saturated carbocycles. The Kier molecular flexibility index (Phi) is 5.18. The van der Waals surface area contributed by atoms with Crippen molar-refractivity contribution in [2.24, 2.45) is 0 Å². The minimum Gasteiger partial charge on any atom is -0.299 e. The Morgan fingerprint density at radius 2 is 1.89 bits per heavy atom. The van der Waals surface area contributed by atoms with E-state index in [-0.39, 0.29) is 0 Å². The van der Waals surface area contributed by atoms with Gasteiger partial charge in [-0.1, -0.05) is 36.4 Å². The number of hydrogen-bond donors (Lipinski definition) is 0. The highest BCUT2D eigenvalue weighted by Crippen LogP contribution is 2.32. The Morgan fingerprint density at radius 1 is 1.00 bits per heavy atom. The SMILES string of the molecule is FC(F)(F)c1cccc(C2=CCN(CCc3ccc4cccnc4c3)CC2)c1. The number of pyridine rings is 1. The van der Waals surface area contributed by atoms with Gasteiger partial charge in [0.2, 0.25) is 0 Å². The molecular formula is C23H21F3N2. The number of hydrogen-bond acceptors (Lipinski definition) is 2. The van der Waals surface area contributed by atoms with Crippen LogP contribution in [0.3, 0.4) is 0 Å². The van der Waals surface area contributed by atoms with Crippen LogP contribution in [0.5, 0.6) is 0 Å². The van der Waals surface area contributed by atoms with E-state index in [2.05, 4.69) is 40.2 Å². The van der Waals surface area contributed by atoms with E-state index in [1.807, 2.05) is 6.07 Å². The third kappa shape index (κ3) is 4.25. The summed E-state index contributed by atoms with van der Waals surface area (Å²) >= 11 is 0. The van der Waals surface area contributed by atoms with Gasteiger partial charge in [-0.05, 0) is 53.8 Å². The average Bonchev–Trinajstić information content (AvgIpc) is 2.72. The van der Waals surface area contributed by atoms with Crippen molar-refractivity contribution in [2.45, 2.75) is 19.0 Å². The molecule has 0 spiro atoms. The second-order valence-corrected chi connectivity index (χ2v) is 7.14. The van der Waals surface area contributed by atoms with Gasteiger partial charge in [0.15, 0.2) is 0 Å². The molecule has 1 aliphatic rings. The van der Waals surface area contributed by atoms with E-state index in [1.165, 1.54) is 17.7 Å². The molecule has 0 radical (unpaired) electrons. The Morgan fingerprint density at radius 3 is 2.68 bits per heavy atom. The summed E-state index contributed by atoms with van der Waals surface area (Å²) in [6, 6.07) is 16.0. The lowest BCUT2D eigenvalue weighted by Gasteiger charge is -2.26. The van der Waals surface area contributed by atoms with Crippen LogP contribution in [-0.2, 0) is 12.6 Å². The van der Waals surface area contributed by atoms with Crippen molar-refractivity contribution < 1.29 is 13.2 Å². The summed E-state index contributed by atoms with van der Waals surface area (Å²) in [6.07, 6.45) is 1.25. The third-order valence-electron chi connectivity index (χ3n) is 5.24. The monoisotopic (exact) mass is 382 g/mol. The van der Waals surface area contributed by atoms with E-state index in [4.69, 9.17) is 0 Å². The normalized spacial score (nSPS) is 15.6. The van der Waals surface area contributed by atoms with Gasteiger partial charge in [0.1, 0.15) is 0 Å². The first-order valence-corrected chi connectivity index (χ1v) is 9.42. The van der Waals surface area contributed by atoms with Crippen LogP contribution in [0.2, 0.25) is 0 Å². The minimum absolute atomic E-state index is 0.585. The first-order valence-electron chi connectivity index (χ1n) is 9.42. The highest BCUT2D eigenvalue weighted by molar-refractivity contribution is 5.78. The molecule has 1 aliphatic heterocycles.